The molecule has 1 saturated heterocycles. The second kappa shape index (κ2) is 5.35. The first-order chi connectivity index (χ1) is 9.70. The highest BCUT2D eigenvalue weighted by Crippen LogP contribution is 2.44. The van der Waals surface area contributed by atoms with E-state index in [4.69, 9.17) is 0 Å². The molecule has 3 heteroatoms. The largest absolute Gasteiger partial charge is 0.366 e. The smallest absolute Gasteiger partial charge is 0.174 e. The van der Waals surface area contributed by atoms with Crippen LogP contribution in [0, 0.1) is 0 Å². The maximum Gasteiger partial charge on any atom is 0.174 e. The van der Waals surface area contributed by atoms with Gasteiger partial charge >= 0.3 is 0 Å². The second-order valence-corrected chi connectivity index (χ2v) is 5.99. The number of benzene rings is 2. The summed E-state index contributed by atoms with van der Waals surface area (Å²) in [4.78, 5) is 1.99. The number of thioether (sulfide) groups is 1. The molecule has 0 aliphatic carbocycles. The third-order valence-corrected chi connectivity index (χ3v) is 4.71. The van der Waals surface area contributed by atoms with Crippen LogP contribution in [0.3, 0.4) is 0 Å². The molecule has 0 saturated carbocycles. The summed E-state index contributed by atoms with van der Waals surface area (Å²) in [7, 11) is 0. The van der Waals surface area contributed by atoms with Crippen molar-refractivity contribution in [1.29, 1.82) is 0 Å². The van der Waals surface area contributed by atoms with Crippen molar-refractivity contribution in [1.82, 2.24) is 4.90 Å². The van der Waals surface area contributed by atoms with E-state index in [-0.39, 0.29) is 0 Å². The van der Waals surface area contributed by atoms with Crippen molar-refractivity contribution in [2.45, 2.75) is 12.3 Å². The molecule has 3 rings (SSSR count). The van der Waals surface area contributed by atoms with Gasteiger partial charge in [-0.25, -0.2) is 0 Å². The molecule has 1 heterocycles. The molecule has 1 fully saturated rings. The fraction of sp³-hybridized carbons (Fsp3) is 0.176. The highest BCUT2D eigenvalue weighted by Gasteiger charge is 2.42. The fourth-order valence-electron chi connectivity index (χ4n) is 2.48. The van der Waals surface area contributed by atoms with Gasteiger partial charge in [0.25, 0.3) is 0 Å². The first-order valence-electron chi connectivity index (χ1n) is 6.61. The summed E-state index contributed by atoms with van der Waals surface area (Å²) in [5, 5.41) is 12.0. The molecular formula is C17H17NOS. The van der Waals surface area contributed by atoms with E-state index in [1.54, 1.807) is 11.8 Å². The molecular weight excluding hydrogens is 266 g/mol. The molecule has 1 aliphatic heterocycles. The maximum absolute atomic E-state index is 11.1. The van der Waals surface area contributed by atoms with Gasteiger partial charge in [0.15, 0.2) is 5.72 Å². The quantitative estimate of drug-likeness (QED) is 0.932. The van der Waals surface area contributed by atoms with Crippen LogP contribution in [0.5, 0.6) is 0 Å². The molecule has 0 bridgehead atoms. The summed E-state index contributed by atoms with van der Waals surface area (Å²) < 4.78 is 0. The minimum atomic E-state index is -0.973. The minimum Gasteiger partial charge on any atom is -0.366 e. The van der Waals surface area contributed by atoms with Crippen LogP contribution in [0.15, 0.2) is 72.3 Å². The third kappa shape index (κ3) is 2.35. The molecule has 2 nitrogen and oxygen atoms in total. The van der Waals surface area contributed by atoms with E-state index >= 15 is 0 Å². The summed E-state index contributed by atoms with van der Waals surface area (Å²) in [6, 6.07) is 20.0. The molecule has 2 aromatic carbocycles. The van der Waals surface area contributed by atoms with Crippen LogP contribution in [0.25, 0.3) is 0 Å². The second-order valence-electron chi connectivity index (χ2n) is 4.94. The van der Waals surface area contributed by atoms with Crippen LogP contribution in [0.4, 0.5) is 0 Å². The Morgan fingerprint density at radius 1 is 1.05 bits per heavy atom. The minimum absolute atomic E-state index is 0.614. The number of rotatable bonds is 3. The van der Waals surface area contributed by atoms with Gasteiger partial charge in [-0.3, -0.25) is 0 Å². The summed E-state index contributed by atoms with van der Waals surface area (Å²) in [6.07, 6.45) is 0. The van der Waals surface area contributed by atoms with E-state index in [1.165, 1.54) is 5.56 Å². The Labute approximate surface area is 123 Å². The Balaban J connectivity index is 1.93. The number of nitrogens with zero attached hydrogens (tertiary/aromatic N) is 1. The Hall–Kier alpha value is -1.71. The van der Waals surface area contributed by atoms with Crippen LogP contribution in [0.2, 0.25) is 0 Å². The maximum atomic E-state index is 11.1. The van der Waals surface area contributed by atoms with Gasteiger partial charge in [0.1, 0.15) is 0 Å². The average Bonchev–Trinajstić information content (AvgIpc) is 2.79. The van der Waals surface area contributed by atoms with E-state index in [1.807, 2.05) is 53.4 Å². The molecule has 2 aromatic rings. The molecule has 0 aromatic heterocycles. The normalized spacial score (nSPS) is 22.2. The standard InChI is InChI=1S/C17H17NOS/c1-14-18(12-15-8-4-2-5-9-15)17(19,13-20-14)16-10-6-3-7-11-16/h2-11,19H,1,12-13H2. The van der Waals surface area contributed by atoms with Crippen molar-refractivity contribution < 1.29 is 5.11 Å². The zero-order chi connectivity index (χ0) is 14.0. The van der Waals surface area contributed by atoms with E-state index in [2.05, 4.69) is 18.7 Å². The summed E-state index contributed by atoms with van der Waals surface area (Å²) >= 11 is 1.61. The molecule has 0 amide bonds. The van der Waals surface area contributed by atoms with Gasteiger partial charge in [-0.1, -0.05) is 67.2 Å². The lowest BCUT2D eigenvalue weighted by Gasteiger charge is -2.35. The van der Waals surface area contributed by atoms with Crippen LogP contribution in [-0.2, 0) is 12.3 Å². The van der Waals surface area contributed by atoms with Crippen LogP contribution in [-0.4, -0.2) is 15.8 Å². The van der Waals surface area contributed by atoms with E-state index in [0.717, 1.165) is 10.6 Å². The molecule has 20 heavy (non-hydrogen) atoms. The Kier molecular flexibility index (Phi) is 3.55. The predicted octanol–water partition coefficient (Wildman–Crippen LogP) is 3.55. The first kappa shape index (κ1) is 13.3. The molecule has 1 atom stereocenters. The zero-order valence-corrected chi connectivity index (χ0v) is 12.0. The van der Waals surface area contributed by atoms with Gasteiger partial charge in [-0.15, -0.1) is 11.8 Å². The number of hydrogen-bond acceptors (Lipinski definition) is 3. The highest BCUT2D eigenvalue weighted by molar-refractivity contribution is 8.03. The number of aliphatic hydroxyl groups is 1. The predicted molar refractivity (Wildman–Crippen MR) is 83.9 cm³/mol. The summed E-state index contributed by atoms with van der Waals surface area (Å²) in [6.45, 7) is 4.75. The Morgan fingerprint density at radius 3 is 2.30 bits per heavy atom. The summed E-state index contributed by atoms with van der Waals surface area (Å²) in [5.74, 6) is 0.614. The van der Waals surface area contributed by atoms with Crippen LogP contribution in [0.1, 0.15) is 11.1 Å². The Bertz CT molecular complexity index is 599. The molecule has 1 aliphatic rings. The van der Waals surface area contributed by atoms with Crippen LogP contribution >= 0.6 is 11.8 Å². The lowest BCUT2D eigenvalue weighted by atomic mass is 10.0. The third-order valence-electron chi connectivity index (χ3n) is 3.61. The van der Waals surface area contributed by atoms with Gasteiger partial charge in [-0.05, 0) is 5.56 Å². The van der Waals surface area contributed by atoms with Crippen molar-refractivity contribution in [3.05, 3.63) is 83.4 Å². The van der Waals surface area contributed by atoms with E-state index < -0.39 is 5.72 Å². The van der Waals surface area contributed by atoms with Gasteiger partial charge < -0.3 is 10.0 Å². The highest BCUT2D eigenvalue weighted by atomic mass is 32.2. The molecule has 1 N–H and O–H groups in total. The van der Waals surface area contributed by atoms with Crippen molar-refractivity contribution in [3.8, 4) is 0 Å². The van der Waals surface area contributed by atoms with Crippen molar-refractivity contribution in [3.63, 3.8) is 0 Å². The molecule has 102 valence electrons. The van der Waals surface area contributed by atoms with Crippen LogP contribution < -0.4 is 0 Å². The summed E-state index contributed by atoms with van der Waals surface area (Å²) in [5.41, 5.74) is 1.12. The van der Waals surface area contributed by atoms with E-state index in [0.29, 0.717) is 12.3 Å². The lowest BCUT2D eigenvalue weighted by molar-refractivity contribution is -0.0681. The topological polar surface area (TPSA) is 23.5 Å². The molecule has 0 radical (unpaired) electrons. The van der Waals surface area contributed by atoms with Crippen molar-refractivity contribution >= 4 is 11.8 Å². The first-order valence-corrected chi connectivity index (χ1v) is 7.60. The SMILES string of the molecule is C=C1SCC(O)(c2ccccc2)N1Cc1ccccc1. The fourth-order valence-corrected chi connectivity index (χ4v) is 3.54. The molecule has 0 spiro atoms. The number of hydrogen-bond donors (Lipinski definition) is 1. The van der Waals surface area contributed by atoms with Gasteiger partial charge in [0.2, 0.25) is 0 Å². The van der Waals surface area contributed by atoms with Gasteiger partial charge in [0, 0.05) is 12.1 Å². The lowest BCUT2D eigenvalue weighted by Crippen LogP contribution is -2.41. The van der Waals surface area contributed by atoms with Gasteiger partial charge in [0.05, 0.1) is 10.8 Å². The van der Waals surface area contributed by atoms with Crippen molar-refractivity contribution in [2.24, 2.45) is 0 Å². The average molecular weight is 283 g/mol. The van der Waals surface area contributed by atoms with Crippen molar-refractivity contribution in [2.75, 3.05) is 5.75 Å². The van der Waals surface area contributed by atoms with E-state index in [9.17, 15) is 5.11 Å². The van der Waals surface area contributed by atoms with Gasteiger partial charge in [-0.2, -0.15) is 0 Å². The molecule has 1 unspecified atom stereocenters. The monoisotopic (exact) mass is 283 g/mol. The Morgan fingerprint density at radius 2 is 1.65 bits per heavy atom. The zero-order valence-electron chi connectivity index (χ0n) is 11.2.